The van der Waals surface area contributed by atoms with Gasteiger partial charge >= 0.3 is 29.4 Å². The van der Waals surface area contributed by atoms with Gasteiger partial charge in [0.15, 0.2) is 22.8 Å². The average Bonchev–Trinajstić information content (AvgIpc) is 3.64. The number of carbonyl (C=O) groups excluding carboxylic acids is 3. The summed E-state index contributed by atoms with van der Waals surface area (Å²) in [5, 5.41) is 34.4. The van der Waals surface area contributed by atoms with Crippen LogP contribution < -0.4 is 16.4 Å². The van der Waals surface area contributed by atoms with Gasteiger partial charge in [0.25, 0.3) is 0 Å². The standard InChI is InChI=1S/C26H40N7O19P3S/c1-13(25(39)40)8-16(35)56-7-6-28-15(34)4-5-29-23(38)20(37)26(2,3)10-49-55(46,47)52-54(44,45)48-9-14-19(51-53(41,42)43)18(36)24(50-14)33-12-32-17-21(27)30-11-31-22(17)33/h11-12,14,18-20,24,36-37H,1,4-10H2,2-3H3,(H,28,34)(H,29,38)(H,39,40)(H,44,45)(H,46,47)(H2,27,30,31)(H2,41,42,43)/t14-,18-,19-,20?,24-/m1/s1. The number of hydrogen-bond acceptors (Lipinski definition) is 19. The number of carbonyl (C=O) groups is 4. The SMILES string of the molecule is C=C(CC(=O)SCCNC(=O)CCNC(=O)C(O)C(C)(C)COP(=O)(O)OP(=O)(O)OC[C@H]1O[C@@H](n2cnc3c(N)ncnc32)[C@H](O)[C@@H]1OP(=O)(O)O)C(=O)O. The second kappa shape index (κ2) is 19.5. The van der Waals surface area contributed by atoms with Crippen molar-refractivity contribution in [3.05, 3.63) is 24.8 Å². The minimum atomic E-state index is -5.59. The van der Waals surface area contributed by atoms with E-state index in [0.717, 1.165) is 29.0 Å². The normalized spacial score (nSPS) is 21.5. The third-order valence-corrected chi connectivity index (χ3v) is 11.4. The van der Waals surface area contributed by atoms with E-state index in [1.54, 1.807) is 0 Å². The molecule has 1 aliphatic rings. The second-order valence-corrected chi connectivity index (χ2v) is 17.8. The van der Waals surface area contributed by atoms with Crippen LogP contribution in [0.15, 0.2) is 24.8 Å². The number of aliphatic hydroxyl groups excluding tert-OH is 2. The molecule has 7 atom stereocenters. The van der Waals surface area contributed by atoms with Crippen LogP contribution in [0, 0.1) is 5.41 Å². The molecule has 56 heavy (non-hydrogen) atoms. The maximum Gasteiger partial charge on any atom is 0.481 e. The summed E-state index contributed by atoms with van der Waals surface area (Å²) in [6.07, 6.45) is -7.49. The van der Waals surface area contributed by atoms with Crippen LogP contribution in [0.25, 0.3) is 11.2 Å². The molecule has 2 amide bonds. The topological polar surface area (TPSA) is 401 Å². The van der Waals surface area contributed by atoms with Crippen molar-refractivity contribution >= 4 is 75.1 Å². The highest BCUT2D eigenvalue weighted by molar-refractivity contribution is 8.13. The summed E-state index contributed by atoms with van der Waals surface area (Å²) in [5.74, 6) is -2.78. The van der Waals surface area contributed by atoms with E-state index in [9.17, 15) is 62.7 Å². The quantitative estimate of drug-likeness (QED) is 0.0373. The fraction of sp³-hybridized carbons (Fsp3) is 0.577. The van der Waals surface area contributed by atoms with Crippen molar-refractivity contribution in [2.24, 2.45) is 5.41 Å². The molecule has 3 unspecified atom stereocenters. The highest BCUT2D eigenvalue weighted by atomic mass is 32.2. The lowest BCUT2D eigenvalue weighted by molar-refractivity contribution is -0.137. The molecule has 1 aliphatic heterocycles. The predicted molar refractivity (Wildman–Crippen MR) is 188 cm³/mol. The number of anilines is 1. The average molecular weight is 880 g/mol. The number of nitrogens with zero attached hydrogens (tertiary/aromatic N) is 4. The van der Waals surface area contributed by atoms with Gasteiger partial charge in [-0.25, -0.2) is 33.4 Å². The van der Waals surface area contributed by atoms with Gasteiger partial charge in [-0.1, -0.05) is 32.2 Å². The number of aromatic nitrogens is 4. The van der Waals surface area contributed by atoms with E-state index in [1.807, 2.05) is 0 Å². The first-order chi connectivity index (χ1) is 25.8. The summed E-state index contributed by atoms with van der Waals surface area (Å²) in [6, 6.07) is 0. The predicted octanol–water partition coefficient (Wildman–Crippen LogP) is -1.30. The number of imidazole rings is 1. The molecule has 1 saturated heterocycles. The fourth-order valence-electron chi connectivity index (χ4n) is 4.60. The summed E-state index contributed by atoms with van der Waals surface area (Å²) in [5.41, 5.74) is 3.91. The van der Waals surface area contributed by atoms with Gasteiger partial charge in [-0.05, 0) is 0 Å². The maximum absolute atomic E-state index is 12.7. The number of carboxylic acids is 1. The number of phosphoric ester groups is 3. The molecule has 11 N–H and O–H groups in total. The van der Waals surface area contributed by atoms with E-state index < -0.39 is 95.6 Å². The number of hydrogen-bond donors (Lipinski definition) is 10. The van der Waals surface area contributed by atoms with Gasteiger partial charge in [0, 0.05) is 42.7 Å². The van der Waals surface area contributed by atoms with E-state index in [4.69, 9.17) is 24.6 Å². The molecule has 0 aromatic carbocycles. The molecule has 0 radical (unpaired) electrons. The largest absolute Gasteiger partial charge is 0.481 e. The van der Waals surface area contributed by atoms with Gasteiger partial charge in [0.05, 0.1) is 19.5 Å². The highest BCUT2D eigenvalue weighted by Crippen LogP contribution is 2.61. The Morgan fingerprint density at radius 2 is 1.73 bits per heavy atom. The molecule has 1 fully saturated rings. The lowest BCUT2D eigenvalue weighted by atomic mass is 9.87. The Hall–Kier alpha value is -3.23. The first-order valence-electron chi connectivity index (χ1n) is 15.8. The fourth-order valence-corrected chi connectivity index (χ4v) is 8.13. The third-order valence-electron chi connectivity index (χ3n) is 7.43. The van der Waals surface area contributed by atoms with Crippen LogP contribution in [0.2, 0.25) is 0 Å². The summed E-state index contributed by atoms with van der Waals surface area (Å²) in [7, 11) is -16.5. The Morgan fingerprint density at radius 1 is 1.07 bits per heavy atom. The number of aliphatic carboxylic acids is 1. The number of nitrogen functional groups attached to an aromatic ring is 1. The number of amides is 2. The minimum absolute atomic E-state index is 0.0176. The van der Waals surface area contributed by atoms with Gasteiger partial charge in [0.1, 0.15) is 36.3 Å². The number of nitrogens with one attached hydrogen (secondary N) is 2. The third kappa shape index (κ3) is 14.0. The number of nitrogens with two attached hydrogens (primary N) is 1. The molecule has 0 saturated carbocycles. The van der Waals surface area contributed by atoms with Crippen molar-refractivity contribution in [3.63, 3.8) is 0 Å². The molecule has 3 heterocycles. The number of phosphoric acid groups is 3. The Labute approximate surface area is 320 Å². The van der Waals surface area contributed by atoms with E-state index >= 15 is 0 Å². The molecule has 0 spiro atoms. The van der Waals surface area contributed by atoms with Crippen molar-refractivity contribution < 1.29 is 90.4 Å². The molecule has 30 heteroatoms. The first kappa shape index (κ1) is 47.1. The minimum Gasteiger partial charge on any atom is -0.478 e. The van der Waals surface area contributed by atoms with Crippen molar-refractivity contribution in [2.75, 3.05) is 37.8 Å². The number of carboxylic acid groups (broad SMARTS) is 1. The van der Waals surface area contributed by atoms with Crippen LogP contribution in [0.5, 0.6) is 0 Å². The highest BCUT2D eigenvalue weighted by Gasteiger charge is 2.50. The molecule has 26 nitrogen and oxygen atoms in total. The van der Waals surface area contributed by atoms with Crippen LogP contribution >= 0.6 is 35.2 Å². The van der Waals surface area contributed by atoms with E-state index in [-0.39, 0.29) is 54.2 Å². The first-order valence-corrected chi connectivity index (χ1v) is 21.3. The lowest BCUT2D eigenvalue weighted by Gasteiger charge is -2.30. The molecule has 2 aromatic rings. The Bertz CT molecular complexity index is 1930. The molecule has 0 bridgehead atoms. The zero-order valence-corrected chi connectivity index (χ0v) is 32.8. The number of fused-ring (bicyclic) bond motifs is 1. The monoisotopic (exact) mass is 879 g/mol. The van der Waals surface area contributed by atoms with Gasteiger partial charge in [-0.15, -0.1) is 0 Å². The zero-order chi connectivity index (χ0) is 42.2. The van der Waals surface area contributed by atoms with Crippen LogP contribution in [0.1, 0.15) is 32.9 Å². The van der Waals surface area contributed by atoms with Crippen LogP contribution in [0.3, 0.4) is 0 Å². The number of thioether (sulfide) groups is 1. The maximum atomic E-state index is 12.7. The van der Waals surface area contributed by atoms with Crippen molar-refractivity contribution in [1.82, 2.24) is 30.2 Å². The van der Waals surface area contributed by atoms with Crippen LogP contribution in [-0.4, -0.2) is 134 Å². The Morgan fingerprint density at radius 3 is 2.38 bits per heavy atom. The van der Waals surface area contributed by atoms with Crippen LogP contribution in [-0.2, 0) is 55.5 Å². The zero-order valence-electron chi connectivity index (χ0n) is 29.3. The number of ether oxygens (including phenoxy) is 1. The smallest absolute Gasteiger partial charge is 0.478 e. The van der Waals surface area contributed by atoms with Gasteiger partial charge in [0.2, 0.25) is 11.8 Å². The molecular weight excluding hydrogens is 839 g/mol. The number of rotatable bonds is 22. The van der Waals surface area contributed by atoms with E-state index in [2.05, 4.69) is 41.0 Å². The Kier molecular flexibility index (Phi) is 16.4. The van der Waals surface area contributed by atoms with Crippen molar-refractivity contribution in [3.8, 4) is 0 Å². The molecule has 3 rings (SSSR count). The number of aliphatic hydroxyl groups is 2. The Balaban J connectivity index is 1.49. The van der Waals surface area contributed by atoms with Crippen LogP contribution in [0.4, 0.5) is 5.82 Å². The van der Waals surface area contributed by atoms with E-state index in [0.29, 0.717) is 0 Å². The summed E-state index contributed by atoms with van der Waals surface area (Å²) in [6.45, 7) is 3.40. The summed E-state index contributed by atoms with van der Waals surface area (Å²) >= 11 is 0.792. The van der Waals surface area contributed by atoms with Gasteiger partial charge < -0.3 is 56.0 Å². The molecule has 314 valence electrons. The van der Waals surface area contributed by atoms with Crippen molar-refractivity contribution in [1.29, 1.82) is 0 Å². The summed E-state index contributed by atoms with van der Waals surface area (Å²) in [4.78, 5) is 97.8. The van der Waals surface area contributed by atoms with Gasteiger partial charge in [-0.3, -0.25) is 32.5 Å². The molecule has 0 aliphatic carbocycles. The summed E-state index contributed by atoms with van der Waals surface area (Å²) < 4.78 is 61.9. The van der Waals surface area contributed by atoms with Crippen molar-refractivity contribution in [2.45, 2.75) is 57.3 Å². The van der Waals surface area contributed by atoms with Gasteiger partial charge in [-0.2, -0.15) is 4.31 Å². The van der Waals surface area contributed by atoms with E-state index in [1.165, 1.54) is 13.8 Å². The second-order valence-electron chi connectivity index (χ2n) is 12.4. The lowest BCUT2D eigenvalue weighted by Crippen LogP contribution is -2.46. The molecule has 2 aromatic heterocycles. The molecular formula is C26H40N7O19P3S.